The van der Waals surface area contributed by atoms with Crippen LogP contribution < -0.4 is 4.47 Å². The first-order chi connectivity index (χ1) is 13.1. The van der Waals surface area contributed by atoms with Crippen LogP contribution in [0.3, 0.4) is 0 Å². The van der Waals surface area contributed by atoms with E-state index in [0.29, 0.717) is 23.3 Å². The second kappa shape index (κ2) is 8.24. The van der Waals surface area contributed by atoms with Gasteiger partial charge in [0.15, 0.2) is 11.9 Å². The number of hydrogen-bond donors (Lipinski definition) is 1. The van der Waals surface area contributed by atoms with Crippen molar-refractivity contribution < 1.29 is 27.2 Å². The van der Waals surface area contributed by atoms with E-state index >= 15 is 0 Å². The van der Waals surface area contributed by atoms with Crippen LogP contribution in [0.25, 0.3) is 0 Å². The number of esters is 1. The van der Waals surface area contributed by atoms with Gasteiger partial charge in [-0.25, -0.2) is 0 Å². The number of allylic oxidation sites excluding steroid dienone is 3. The zero-order chi connectivity index (χ0) is 20.5. The van der Waals surface area contributed by atoms with E-state index < -0.39 is 21.9 Å². The molecule has 28 heavy (non-hydrogen) atoms. The van der Waals surface area contributed by atoms with E-state index in [1.165, 1.54) is 38.3 Å². The Morgan fingerprint density at radius 2 is 1.79 bits per heavy atom. The average molecular weight is 417 g/mol. The van der Waals surface area contributed by atoms with Crippen LogP contribution in [0, 0.1) is 28.4 Å². The Morgan fingerprint density at radius 1 is 1.25 bits per heavy atom. The summed E-state index contributed by atoms with van der Waals surface area (Å²) in [5, 5.41) is 11.4. The number of quaternary nitrogens is 1. The van der Waals surface area contributed by atoms with Crippen molar-refractivity contribution in [3.05, 3.63) is 41.3 Å². The van der Waals surface area contributed by atoms with Gasteiger partial charge in [-0.2, -0.15) is 13.2 Å². The summed E-state index contributed by atoms with van der Waals surface area (Å²) in [6, 6.07) is 0. The van der Waals surface area contributed by atoms with E-state index in [1.54, 1.807) is 6.08 Å². The summed E-state index contributed by atoms with van der Waals surface area (Å²) in [4.78, 5) is 12.8. The van der Waals surface area contributed by atoms with Crippen LogP contribution in [-0.2, 0) is 9.53 Å². The maximum absolute atomic E-state index is 12.8. The number of nitrogens with one attached hydrogen (secondary N) is 1. The van der Waals surface area contributed by atoms with Gasteiger partial charge in [-0.05, 0) is 67.9 Å². The quantitative estimate of drug-likeness (QED) is 0.290. The van der Waals surface area contributed by atoms with Gasteiger partial charge in [0.2, 0.25) is 0 Å². The first-order valence-electron chi connectivity index (χ1n) is 9.56. The van der Waals surface area contributed by atoms with Crippen molar-refractivity contribution in [2.45, 2.75) is 51.0 Å². The molecule has 4 aliphatic rings. The molecule has 4 bridgehead atoms. The number of rotatable bonds is 7. The fraction of sp³-hybridized carbons (Fsp3) is 0.650. The van der Waals surface area contributed by atoms with Gasteiger partial charge in [-0.1, -0.05) is 18.7 Å². The van der Waals surface area contributed by atoms with Crippen molar-refractivity contribution in [3.63, 3.8) is 0 Å². The van der Waals surface area contributed by atoms with Crippen LogP contribution in [0.5, 0.6) is 0 Å². The molecule has 1 N–H and O–H groups in total. The lowest BCUT2D eigenvalue weighted by atomic mass is 9.49. The van der Waals surface area contributed by atoms with Crippen LogP contribution >= 0.6 is 11.9 Å². The molecule has 0 amide bonds. The van der Waals surface area contributed by atoms with Crippen molar-refractivity contribution in [3.8, 4) is 0 Å². The SMILES string of the molecule is C=C(/C=C\C=C(/C)[NH+]([O-])SC(F)(F)F)COC(=O)C12CC3CC(CC(C3)C1)C2. The molecule has 0 spiro atoms. The van der Waals surface area contributed by atoms with Crippen molar-refractivity contribution in [2.75, 3.05) is 6.61 Å². The summed E-state index contributed by atoms with van der Waals surface area (Å²) in [5.74, 6) is 1.83. The predicted molar refractivity (Wildman–Crippen MR) is 102 cm³/mol. The Labute approximate surface area is 167 Å². The Balaban J connectivity index is 1.47. The molecule has 0 radical (unpaired) electrons. The number of carbonyl (C=O) groups excluding carboxylic acids is 1. The van der Waals surface area contributed by atoms with Crippen LogP contribution in [0.1, 0.15) is 45.4 Å². The van der Waals surface area contributed by atoms with Gasteiger partial charge in [0.05, 0.1) is 5.41 Å². The molecule has 4 saturated carbocycles. The molecular weight excluding hydrogens is 391 g/mol. The van der Waals surface area contributed by atoms with Crippen LogP contribution in [0.2, 0.25) is 0 Å². The summed E-state index contributed by atoms with van der Waals surface area (Å²) in [7, 11) is 0. The Bertz CT molecular complexity index is 651. The number of carbonyl (C=O) groups is 1. The fourth-order valence-electron chi connectivity index (χ4n) is 5.30. The summed E-state index contributed by atoms with van der Waals surface area (Å²) in [5.41, 5.74) is -4.41. The monoisotopic (exact) mass is 417 g/mol. The molecular formula is C20H26F3NO3S. The van der Waals surface area contributed by atoms with E-state index in [1.807, 2.05) is 0 Å². The second-order valence-electron chi connectivity index (χ2n) is 8.48. The lowest BCUT2D eigenvalue weighted by Crippen LogP contribution is -2.98. The van der Waals surface area contributed by atoms with Crippen LogP contribution in [0.4, 0.5) is 13.2 Å². The molecule has 1 unspecified atom stereocenters. The molecule has 8 heteroatoms. The van der Waals surface area contributed by atoms with Crippen LogP contribution in [-0.4, -0.2) is 18.1 Å². The number of ether oxygens (including phenoxy) is 1. The van der Waals surface area contributed by atoms with Crippen molar-refractivity contribution in [1.82, 2.24) is 0 Å². The highest BCUT2D eigenvalue weighted by molar-refractivity contribution is 7.94. The summed E-state index contributed by atoms with van der Waals surface area (Å²) < 4.78 is 41.1. The third-order valence-electron chi connectivity index (χ3n) is 6.07. The molecule has 4 aliphatic carbocycles. The Hall–Kier alpha value is -1.25. The zero-order valence-corrected chi connectivity index (χ0v) is 16.7. The first-order valence-corrected chi connectivity index (χ1v) is 10.4. The molecule has 0 aromatic heterocycles. The highest BCUT2D eigenvalue weighted by atomic mass is 32.2. The maximum Gasteiger partial charge on any atom is 0.497 e. The van der Waals surface area contributed by atoms with Crippen molar-refractivity contribution in [2.24, 2.45) is 23.2 Å². The number of alkyl halides is 3. The van der Waals surface area contributed by atoms with Crippen LogP contribution in [0.15, 0.2) is 36.1 Å². The molecule has 0 saturated heterocycles. The van der Waals surface area contributed by atoms with Crippen molar-refractivity contribution >= 4 is 17.9 Å². The molecule has 0 heterocycles. The minimum Gasteiger partial charge on any atom is -0.616 e. The van der Waals surface area contributed by atoms with Gasteiger partial charge >= 0.3 is 11.5 Å². The molecule has 0 aromatic rings. The highest BCUT2D eigenvalue weighted by Crippen LogP contribution is 2.60. The number of hydroxylamine groups is 1. The van der Waals surface area contributed by atoms with Gasteiger partial charge in [0.25, 0.3) is 0 Å². The van der Waals surface area contributed by atoms with E-state index in [2.05, 4.69) is 6.58 Å². The minimum absolute atomic E-state index is 0.0167. The predicted octanol–water partition coefficient (Wildman–Crippen LogP) is 4.31. The third kappa shape index (κ3) is 5.21. The fourth-order valence-corrected chi connectivity index (χ4v) is 5.74. The highest BCUT2D eigenvalue weighted by Gasteiger charge is 2.55. The van der Waals surface area contributed by atoms with Gasteiger partial charge in [-0.15, -0.1) is 0 Å². The van der Waals surface area contributed by atoms with E-state index in [-0.39, 0.29) is 23.7 Å². The second-order valence-corrected chi connectivity index (χ2v) is 9.51. The number of hydrogen-bond acceptors (Lipinski definition) is 4. The zero-order valence-electron chi connectivity index (χ0n) is 15.9. The summed E-state index contributed by atoms with van der Waals surface area (Å²) in [6.45, 7) is 5.18. The number of halogens is 3. The molecule has 0 aromatic carbocycles. The van der Waals surface area contributed by atoms with Crippen molar-refractivity contribution in [1.29, 1.82) is 0 Å². The molecule has 4 rings (SSSR count). The standard InChI is InChI=1S/C20H26F3NO3S/c1-13(4-3-5-14(2)24(26)28-20(21,22)23)12-27-18(25)19-9-15-6-16(10-19)8-17(7-15)11-19/h3-5,15-17,24H,1,6-12H2,2H3/b4-3-,14-5+. The molecule has 4 nitrogen and oxygen atoms in total. The molecule has 156 valence electrons. The lowest BCUT2D eigenvalue weighted by Gasteiger charge is -2.55. The van der Waals surface area contributed by atoms with Gasteiger partial charge in [-0.3, -0.25) is 9.26 Å². The van der Waals surface area contributed by atoms with Gasteiger partial charge in [0, 0.05) is 6.92 Å². The lowest BCUT2D eigenvalue weighted by molar-refractivity contribution is -0.649. The maximum atomic E-state index is 12.8. The molecule has 4 fully saturated rings. The minimum atomic E-state index is -4.59. The van der Waals surface area contributed by atoms with E-state index in [4.69, 9.17) is 4.74 Å². The normalized spacial score (nSPS) is 33.3. The Morgan fingerprint density at radius 3 is 2.29 bits per heavy atom. The third-order valence-corrected chi connectivity index (χ3v) is 6.81. The topological polar surface area (TPSA) is 53.8 Å². The smallest absolute Gasteiger partial charge is 0.497 e. The van der Waals surface area contributed by atoms with E-state index in [9.17, 15) is 23.2 Å². The summed E-state index contributed by atoms with van der Waals surface area (Å²) in [6.07, 6.45) is 10.8. The van der Waals surface area contributed by atoms with E-state index in [0.717, 1.165) is 19.3 Å². The van der Waals surface area contributed by atoms with Gasteiger partial charge in [0.1, 0.15) is 12.3 Å². The average Bonchev–Trinajstić information content (AvgIpc) is 2.56. The molecule has 1 atom stereocenters. The summed E-state index contributed by atoms with van der Waals surface area (Å²) >= 11 is -0.668. The largest absolute Gasteiger partial charge is 0.616 e. The first kappa shape index (κ1) is 21.5. The Kier molecular flexibility index (Phi) is 6.32. The molecule has 0 aliphatic heterocycles. The van der Waals surface area contributed by atoms with Gasteiger partial charge < -0.3 is 9.94 Å².